The average molecular weight is 519 g/mol. The fourth-order valence-corrected chi connectivity index (χ4v) is 4.14. The first-order valence-corrected chi connectivity index (χ1v) is 10.8. The van der Waals surface area contributed by atoms with Crippen LogP contribution in [0.25, 0.3) is 0 Å². The average Bonchev–Trinajstić information content (AvgIpc) is 2.69. The summed E-state index contributed by atoms with van der Waals surface area (Å²) in [5.41, 5.74) is 0.839. The van der Waals surface area contributed by atoms with Crippen molar-refractivity contribution < 1.29 is 22.6 Å². The molecule has 0 radical (unpaired) electrons. The van der Waals surface area contributed by atoms with Gasteiger partial charge in [0.2, 0.25) is 5.88 Å². The molecule has 6 nitrogen and oxygen atoms in total. The van der Waals surface area contributed by atoms with Gasteiger partial charge in [-0.05, 0) is 29.8 Å². The SMILES string of the molecule is COc1ccc(COc2cnc(Oc3c(Cl)cc(Br)cc3Cl)cc2[SH](=O)=O)cc1. The normalized spacial score (nSPS) is 10.8. The molecule has 0 aliphatic heterocycles. The van der Waals surface area contributed by atoms with E-state index in [9.17, 15) is 8.42 Å². The fraction of sp³-hybridized carbons (Fsp3) is 0.105. The molecule has 29 heavy (non-hydrogen) atoms. The number of pyridine rings is 1. The molecule has 0 amide bonds. The molecule has 0 aliphatic carbocycles. The van der Waals surface area contributed by atoms with Gasteiger partial charge in [-0.2, -0.15) is 0 Å². The minimum absolute atomic E-state index is 0.0159. The van der Waals surface area contributed by atoms with Crippen molar-refractivity contribution in [2.24, 2.45) is 0 Å². The van der Waals surface area contributed by atoms with Gasteiger partial charge >= 0.3 is 0 Å². The van der Waals surface area contributed by atoms with Crippen molar-refractivity contribution in [1.29, 1.82) is 0 Å². The second-order valence-electron chi connectivity index (χ2n) is 5.68. The zero-order valence-corrected chi connectivity index (χ0v) is 18.9. The lowest BCUT2D eigenvalue weighted by Crippen LogP contribution is -2.00. The fourth-order valence-electron chi connectivity index (χ4n) is 2.34. The Kier molecular flexibility index (Phi) is 7.23. The monoisotopic (exact) mass is 517 g/mol. The molecule has 2 aromatic carbocycles. The van der Waals surface area contributed by atoms with Gasteiger partial charge in [0.05, 0.1) is 23.4 Å². The Labute approximate surface area is 187 Å². The number of hydrogen-bond donors (Lipinski definition) is 1. The van der Waals surface area contributed by atoms with Crippen molar-refractivity contribution in [2.75, 3.05) is 7.11 Å². The van der Waals surface area contributed by atoms with Crippen molar-refractivity contribution in [2.45, 2.75) is 11.5 Å². The Hall–Kier alpha value is -2.00. The van der Waals surface area contributed by atoms with Crippen LogP contribution >= 0.6 is 39.1 Å². The van der Waals surface area contributed by atoms with Gasteiger partial charge in [-0.3, -0.25) is 0 Å². The van der Waals surface area contributed by atoms with Crippen LogP contribution in [-0.4, -0.2) is 20.5 Å². The van der Waals surface area contributed by atoms with E-state index in [-0.39, 0.29) is 38.9 Å². The molecule has 0 fully saturated rings. The number of hydrogen-bond acceptors (Lipinski definition) is 6. The van der Waals surface area contributed by atoms with Gasteiger partial charge in [0.15, 0.2) is 22.2 Å². The van der Waals surface area contributed by atoms with Crippen molar-refractivity contribution in [3.8, 4) is 23.1 Å². The van der Waals surface area contributed by atoms with Crippen LogP contribution in [0.2, 0.25) is 10.0 Å². The highest BCUT2D eigenvalue weighted by atomic mass is 79.9. The lowest BCUT2D eigenvalue weighted by molar-refractivity contribution is 0.295. The molecule has 3 rings (SSSR count). The van der Waals surface area contributed by atoms with Crippen LogP contribution < -0.4 is 14.2 Å². The van der Waals surface area contributed by atoms with E-state index in [0.29, 0.717) is 10.2 Å². The standard InChI is InChI=1S/C19H14BrCl2NO5S/c1-26-13-4-2-11(3-5-13)10-27-16-9-23-18(8-17(16)29(24)25)28-19-14(21)6-12(20)7-15(19)22/h2-9,29H,10H2,1H3. The van der Waals surface area contributed by atoms with Crippen LogP contribution in [0.3, 0.4) is 0 Å². The predicted octanol–water partition coefficient (Wildman–Crippen LogP) is 5.50. The Morgan fingerprint density at radius 2 is 1.72 bits per heavy atom. The first-order valence-electron chi connectivity index (χ1n) is 8.10. The molecule has 0 aliphatic rings. The highest BCUT2D eigenvalue weighted by Crippen LogP contribution is 2.39. The molecule has 0 atom stereocenters. The molecule has 0 bridgehead atoms. The second kappa shape index (κ2) is 9.67. The molecule has 10 heteroatoms. The largest absolute Gasteiger partial charge is 0.497 e. The molecule has 0 N–H and O–H groups in total. The number of thiol groups is 1. The van der Waals surface area contributed by atoms with E-state index in [0.717, 1.165) is 5.56 Å². The molecular formula is C19H14BrCl2NO5S. The van der Waals surface area contributed by atoms with E-state index >= 15 is 0 Å². The number of benzene rings is 2. The minimum atomic E-state index is -2.95. The quantitative estimate of drug-likeness (QED) is 0.416. The van der Waals surface area contributed by atoms with Crippen molar-refractivity contribution in [3.63, 3.8) is 0 Å². The van der Waals surface area contributed by atoms with Gasteiger partial charge < -0.3 is 14.2 Å². The van der Waals surface area contributed by atoms with Crippen LogP contribution in [0.4, 0.5) is 0 Å². The number of aromatic nitrogens is 1. The lowest BCUT2D eigenvalue weighted by Gasteiger charge is -2.12. The third-order valence-electron chi connectivity index (χ3n) is 3.74. The third kappa shape index (κ3) is 5.54. The first kappa shape index (κ1) is 21.7. The van der Waals surface area contributed by atoms with Gasteiger partial charge in [0, 0.05) is 10.5 Å². The Morgan fingerprint density at radius 1 is 1.07 bits per heavy atom. The van der Waals surface area contributed by atoms with Crippen LogP contribution in [-0.2, 0) is 17.3 Å². The van der Waals surface area contributed by atoms with Crippen LogP contribution in [0.15, 0.2) is 58.0 Å². The first-order chi connectivity index (χ1) is 13.9. The van der Waals surface area contributed by atoms with Gasteiger partial charge in [-0.1, -0.05) is 51.3 Å². The molecule has 0 spiro atoms. The number of rotatable bonds is 7. The summed E-state index contributed by atoms with van der Waals surface area (Å²) in [4.78, 5) is 4.03. The molecule has 1 aromatic heterocycles. The highest BCUT2D eigenvalue weighted by Gasteiger charge is 2.15. The third-order valence-corrected chi connectivity index (χ3v) is 5.50. The second-order valence-corrected chi connectivity index (χ2v) is 8.41. The molecule has 152 valence electrons. The predicted molar refractivity (Wildman–Crippen MR) is 114 cm³/mol. The Morgan fingerprint density at radius 3 is 2.31 bits per heavy atom. The summed E-state index contributed by atoms with van der Waals surface area (Å²) in [6, 6.07) is 11.7. The maximum atomic E-state index is 11.7. The topological polar surface area (TPSA) is 74.7 Å². The highest BCUT2D eigenvalue weighted by molar-refractivity contribution is 9.10. The summed E-state index contributed by atoms with van der Waals surface area (Å²) >= 11 is 15.5. The van der Waals surface area contributed by atoms with Crippen LogP contribution in [0, 0.1) is 0 Å². The van der Waals surface area contributed by atoms with Gasteiger partial charge in [0.1, 0.15) is 17.3 Å². The maximum absolute atomic E-state index is 11.7. The van der Waals surface area contributed by atoms with E-state index in [1.165, 1.54) is 12.3 Å². The zero-order valence-electron chi connectivity index (χ0n) is 14.9. The summed E-state index contributed by atoms with van der Waals surface area (Å²) < 4.78 is 40.4. The molecule has 0 saturated heterocycles. The van der Waals surface area contributed by atoms with E-state index in [2.05, 4.69) is 20.9 Å². The van der Waals surface area contributed by atoms with Crippen molar-refractivity contribution in [1.82, 2.24) is 4.98 Å². The lowest BCUT2D eigenvalue weighted by atomic mass is 10.2. The number of ether oxygens (including phenoxy) is 3. The molecule has 3 aromatic rings. The zero-order chi connectivity index (χ0) is 21.0. The molecular weight excluding hydrogens is 505 g/mol. The molecule has 0 saturated carbocycles. The van der Waals surface area contributed by atoms with Crippen molar-refractivity contribution in [3.05, 3.63) is 68.7 Å². The molecule has 1 heterocycles. The Bertz CT molecular complexity index is 1080. The van der Waals surface area contributed by atoms with E-state index in [1.807, 2.05) is 12.1 Å². The smallest absolute Gasteiger partial charge is 0.220 e. The van der Waals surface area contributed by atoms with E-state index in [1.54, 1.807) is 31.4 Å². The van der Waals surface area contributed by atoms with E-state index in [4.69, 9.17) is 37.4 Å². The van der Waals surface area contributed by atoms with Crippen LogP contribution in [0.1, 0.15) is 5.56 Å². The maximum Gasteiger partial charge on any atom is 0.220 e. The number of methoxy groups -OCH3 is 1. The van der Waals surface area contributed by atoms with Crippen molar-refractivity contribution >= 4 is 49.8 Å². The number of nitrogens with zero attached hydrogens (tertiary/aromatic N) is 1. The Balaban J connectivity index is 1.81. The van der Waals surface area contributed by atoms with Gasteiger partial charge in [-0.15, -0.1) is 0 Å². The number of halogens is 3. The summed E-state index contributed by atoms with van der Waals surface area (Å²) in [5.74, 6) is 1.01. The molecule has 0 unspecified atom stereocenters. The summed E-state index contributed by atoms with van der Waals surface area (Å²) in [7, 11) is -1.38. The summed E-state index contributed by atoms with van der Waals surface area (Å²) in [5, 5.41) is 0.498. The van der Waals surface area contributed by atoms with Gasteiger partial charge in [-0.25, -0.2) is 13.4 Å². The van der Waals surface area contributed by atoms with Crippen LogP contribution in [0.5, 0.6) is 23.1 Å². The van der Waals surface area contributed by atoms with E-state index < -0.39 is 10.7 Å². The minimum Gasteiger partial charge on any atom is -0.497 e. The summed E-state index contributed by atoms with van der Waals surface area (Å²) in [6.45, 7) is 0.159. The van der Waals surface area contributed by atoms with Gasteiger partial charge in [0.25, 0.3) is 0 Å². The summed E-state index contributed by atoms with van der Waals surface area (Å²) in [6.07, 6.45) is 1.28.